The Morgan fingerprint density at radius 1 is 1.12 bits per heavy atom. The van der Waals surface area contributed by atoms with Gasteiger partial charge in [-0.25, -0.2) is 4.98 Å². The number of rotatable bonds is 1. The Morgan fingerprint density at radius 3 is 2.76 bits per heavy atom. The summed E-state index contributed by atoms with van der Waals surface area (Å²) >= 11 is 6.97. The average molecular weight is 353 g/mol. The topological polar surface area (TPSA) is 41.6 Å². The first-order valence-electron chi connectivity index (χ1n) is 4.99. The van der Waals surface area contributed by atoms with Gasteiger partial charge in [0, 0.05) is 20.7 Å². The standard InChI is InChI=1S/C12H7Br2N3/c13-7-1-2-8(9(14)5-7)12-16-10-3-4-15-6-11(10)17-12/h1-6H,(H,16,17). The number of hydrogen-bond donors (Lipinski definition) is 1. The number of halogens is 2. The molecule has 0 aliphatic rings. The lowest BCUT2D eigenvalue weighted by Gasteiger charge is -2.00. The van der Waals surface area contributed by atoms with Crippen molar-refractivity contribution in [1.29, 1.82) is 0 Å². The van der Waals surface area contributed by atoms with Gasteiger partial charge in [0.25, 0.3) is 0 Å². The normalized spacial score (nSPS) is 10.9. The quantitative estimate of drug-likeness (QED) is 0.714. The summed E-state index contributed by atoms with van der Waals surface area (Å²) < 4.78 is 2.03. The van der Waals surface area contributed by atoms with E-state index < -0.39 is 0 Å². The number of H-pyrrole nitrogens is 1. The molecule has 3 nitrogen and oxygen atoms in total. The molecule has 0 radical (unpaired) electrons. The van der Waals surface area contributed by atoms with Gasteiger partial charge in [0.15, 0.2) is 0 Å². The van der Waals surface area contributed by atoms with Crippen LogP contribution in [0.3, 0.4) is 0 Å². The SMILES string of the molecule is Brc1ccc(-c2nc3ccncc3[nH]2)c(Br)c1. The van der Waals surface area contributed by atoms with E-state index in [4.69, 9.17) is 0 Å². The lowest BCUT2D eigenvalue weighted by molar-refractivity contribution is 1.32. The van der Waals surface area contributed by atoms with Gasteiger partial charge in [-0.3, -0.25) is 4.98 Å². The molecule has 1 N–H and O–H groups in total. The zero-order chi connectivity index (χ0) is 11.8. The Morgan fingerprint density at radius 2 is 2.00 bits per heavy atom. The maximum absolute atomic E-state index is 4.53. The predicted molar refractivity (Wildman–Crippen MR) is 74.7 cm³/mol. The van der Waals surface area contributed by atoms with Crippen LogP contribution in [0.25, 0.3) is 22.4 Å². The molecule has 0 saturated carbocycles. The monoisotopic (exact) mass is 351 g/mol. The third-order valence-corrected chi connectivity index (χ3v) is 3.62. The number of pyridine rings is 1. The summed E-state index contributed by atoms with van der Waals surface area (Å²) in [7, 11) is 0. The molecule has 0 unspecified atom stereocenters. The fourth-order valence-electron chi connectivity index (χ4n) is 1.67. The third-order valence-electron chi connectivity index (χ3n) is 2.47. The Balaban J connectivity index is 2.20. The van der Waals surface area contributed by atoms with Gasteiger partial charge >= 0.3 is 0 Å². The number of benzene rings is 1. The van der Waals surface area contributed by atoms with Crippen LogP contribution in [0.2, 0.25) is 0 Å². The van der Waals surface area contributed by atoms with Crippen LogP contribution in [0.1, 0.15) is 0 Å². The second-order valence-electron chi connectivity index (χ2n) is 3.60. The molecule has 5 heteroatoms. The van der Waals surface area contributed by atoms with Crippen LogP contribution in [0.5, 0.6) is 0 Å². The smallest absolute Gasteiger partial charge is 0.139 e. The van der Waals surface area contributed by atoms with E-state index in [1.54, 1.807) is 12.4 Å². The van der Waals surface area contributed by atoms with E-state index in [0.29, 0.717) is 0 Å². The van der Waals surface area contributed by atoms with Crippen LogP contribution < -0.4 is 0 Å². The Labute approximate surface area is 115 Å². The van der Waals surface area contributed by atoms with E-state index in [1.165, 1.54) is 0 Å². The van der Waals surface area contributed by atoms with Crippen molar-refractivity contribution < 1.29 is 0 Å². The van der Waals surface area contributed by atoms with Gasteiger partial charge in [0.1, 0.15) is 5.82 Å². The Kier molecular flexibility index (Phi) is 2.72. The number of nitrogens with one attached hydrogen (secondary N) is 1. The molecule has 0 atom stereocenters. The first-order chi connectivity index (χ1) is 8.24. The molecule has 0 saturated heterocycles. The predicted octanol–water partition coefficient (Wildman–Crippen LogP) is 4.15. The van der Waals surface area contributed by atoms with Crippen molar-refractivity contribution in [3.05, 3.63) is 45.6 Å². The van der Waals surface area contributed by atoms with Gasteiger partial charge < -0.3 is 4.98 Å². The van der Waals surface area contributed by atoms with Gasteiger partial charge in [-0.2, -0.15) is 0 Å². The van der Waals surface area contributed by atoms with Crippen LogP contribution in [-0.4, -0.2) is 15.0 Å². The molecule has 84 valence electrons. The van der Waals surface area contributed by atoms with E-state index >= 15 is 0 Å². The Hall–Kier alpha value is -1.20. The van der Waals surface area contributed by atoms with Crippen LogP contribution in [0, 0.1) is 0 Å². The summed E-state index contributed by atoms with van der Waals surface area (Å²) in [5.74, 6) is 0.840. The second-order valence-corrected chi connectivity index (χ2v) is 5.37. The van der Waals surface area contributed by atoms with E-state index in [1.807, 2.05) is 24.3 Å². The summed E-state index contributed by atoms with van der Waals surface area (Å²) in [5.41, 5.74) is 2.89. The van der Waals surface area contributed by atoms with E-state index in [0.717, 1.165) is 31.4 Å². The zero-order valence-corrected chi connectivity index (χ0v) is 11.8. The van der Waals surface area contributed by atoms with Crippen molar-refractivity contribution in [1.82, 2.24) is 15.0 Å². The Bertz CT molecular complexity index is 658. The largest absolute Gasteiger partial charge is 0.337 e. The van der Waals surface area contributed by atoms with Crippen LogP contribution in [0.4, 0.5) is 0 Å². The molecule has 17 heavy (non-hydrogen) atoms. The van der Waals surface area contributed by atoms with Crippen molar-refractivity contribution in [2.45, 2.75) is 0 Å². The molecule has 2 aromatic heterocycles. The highest BCUT2D eigenvalue weighted by Gasteiger charge is 2.08. The first kappa shape index (κ1) is 10.9. The van der Waals surface area contributed by atoms with Crippen molar-refractivity contribution in [3.8, 4) is 11.4 Å². The molecule has 3 rings (SSSR count). The molecule has 2 heterocycles. The molecule has 0 aliphatic heterocycles. The lowest BCUT2D eigenvalue weighted by atomic mass is 10.2. The molecular weight excluding hydrogens is 346 g/mol. The minimum atomic E-state index is 0.840. The molecule has 0 spiro atoms. The van der Waals surface area contributed by atoms with Crippen LogP contribution in [0.15, 0.2) is 45.6 Å². The number of nitrogens with zero attached hydrogens (tertiary/aromatic N) is 2. The number of imidazole rings is 1. The van der Waals surface area contributed by atoms with Gasteiger partial charge in [-0.15, -0.1) is 0 Å². The number of fused-ring (bicyclic) bond motifs is 1. The van der Waals surface area contributed by atoms with Gasteiger partial charge in [0.2, 0.25) is 0 Å². The highest BCUT2D eigenvalue weighted by Crippen LogP contribution is 2.30. The van der Waals surface area contributed by atoms with Gasteiger partial charge in [-0.05, 0) is 40.2 Å². The lowest BCUT2D eigenvalue weighted by Crippen LogP contribution is -1.82. The average Bonchev–Trinajstić information content (AvgIpc) is 2.72. The maximum atomic E-state index is 4.53. The third kappa shape index (κ3) is 2.00. The van der Waals surface area contributed by atoms with E-state index in [9.17, 15) is 0 Å². The maximum Gasteiger partial charge on any atom is 0.139 e. The summed E-state index contributed by atoms with van der Waals surface area (Å²) in [4.78, 5) is 11.9. The molecule has 0 fully saturated rings. The minimum absolute atomic E-state index is 0.840. The summed E-state index contributed by atoms with van der Waals surface area (Å²) in [5, 5.41) is 0. The van der Waals surface area contributed by atoms with Crippen molar-refractivity contribution >= 4 is 42.9 Å². The van der Waals surface area contributed by atoms with E-state index in [-0.39, 0.29) is 0 Å². The minimum Gasteiger partial charge on any atom is -0.337 e. The first-order valence-corrected chi connectivity index (χ1v) is 6.58. The van der Waals surface area contributed by atoms with Crippen molar-refractivity contribution in [2.24, 2.45) is 0 Å². The summed E-state index contributed by atoms with van der Waals surface area (Å²) in [6.07, 6.45) is 3.52. The number of hydrogen-bond acceptors (Lipinski definition) is 2. The fourth-order valence-corrected chi connectivity index (χ4v) is 2.90. The van der Waals surface area contributed by atoms with Gasteiger partial charge in [0.05, 0.1) is 17.2 Å². The fraction of sp³-hybridized carbons (Fsp3) is 0. The highest BCUT2D eigenvalue weighted by atomic mass is 79.9. The van der Waals surface area contributed by atoms with Crippen LogP contribution >= 0.6 is 31.9 Å². The van der Waals surface area contributed by atoms with E-state index in [2.05, 4.69) is 46.8 Å². The summed E-state index contributed by atoms with van der Waals surface area (Å²) in [6, 6.07) is 7.90. The van der Waals surface area contributed by atoms with Gasteiger partial charge in [-0.1, -0.05) is 15.9 Å². The molecule has 3 aromatic rings. The van der Waals surface area contributed by atoms with Crippen molar-refractivity contribution in [3.63, 3.8) is 0 Å². The molecule has 0 amide bonds. The summed E-state index contributed by atoms with van der Waals surface area (Å²) in [6.45, 7) is 0. The second kappa shape index (κ2) is 4.23. The molecular formula is C12H7Br2N3. The zero-order valence-electron chi connectivity index (χ0n) is 8.61. The number of aromatic amines is 1. The van der Waals surface area contributed by atoms with Crippen molar-refractivity contribution in [2.75, 3.05) is 0 Å². The molecule has 1 aromatic carbocycles. The number of aromatic nitrogens is 3. The van der Waals surface area contributed by atoms with Crippen LogP contribution in [-0.2, 0) is 0 Å². The molecule has 0 bridgehead atoms. The molecule has 0 aliphatic carbocycles. The highest BCUT2D eigenvalue weighted by molar-refractivity contribution is 9.11.